The number of hydrogen-bond donors (Lipinski definition) is 0. The van der Waals surface area contributed by atoms with Crippen molar-refractivity contribution in [2.45, 2.75) is 58.6 Å². The fourth-order valence-electron chi connectivity index (χ4n) is 3.65. The van der Waals surface area contributed by atoms with E-state index in [1.165, 1.54) is 4.68 Å². The van der Waals surface area contributed by atoms with Gasteiger partial charge in [-0.2, -0.15) is 5.10 Å². The van der Waals surface area contributed by atoms with Crippen LogP contribution in [0.5, 0.6) is 0 Å². The van der Waals surface area contributed by atoms with Crippen LogP contribution in [0.2, 0.25) is 0 Å². The van der Waals surface area contributed by atoms with Crippen LogP contribution < -0.4 is 5.56 Å². The van der Waals surface area contributed by atoms with Crippen molar-refractivity contribution >= 4 is 32.5 Å². The Balaban J connectivity index is 1.87. The topological polar surface area (TPSA) is 61.2 Å². The van der Waals surface area contributed by atoms with E-state index in [0.29, 0.717) is 24.3 Å². The smallest absolute Gasteiger partial charge is 0.275 e. The van der Waals surface area contributed by atoms with Crippen LogP contribution in [-0.4, -0.2) is 28.3 Å². The Morgan fingerprint density at radius 1 is 1.38 bits per heavy atom. The van der Waals surface area contributed by atoms with Gasteiger partial charge in [0.1, 0.15) is 6.54 Å². The summed E-state index contributed by atoms with van der Waals surface area (Å²) in [5, 5.41) is 5.99. The molecule has 1 aromatic carbocycles. The van der Waals surface area contributed by atoms with E-state index in [9.17, 15) is 9.59 Å². The van der Waals surface area contributed by atoms with Gasteiger partial charge < -0.3 is 4.74 Å². The lowest BCUT2D eigenvalue weighted by Gasteiger charge is -2.26. The number of aromatic nitrogens is 2. The number of halogens is 1. The highest BCUT2D eigenvalue weighted by Gasteiger charge is 2.23. The van der Waals surface area contributed by atoms with Crippen LogP contribution in [0.4, 0.5) is 0 Å². The largest absolute Gasteiger partial charge is 0.378 e. The second kappa shape index (κ2) is 8.01. The third-order valence-corrected chi connectivity index (χ3v) is 5.43. The minimum absolute atomic E-state index is 0.0380. The van der Waals surface area contributed by atoms with Gasteiger partial charge in [-0.25, -0.2) is 4.68 Å². The number of carbonyl (C=O) groups is 1. The van der Waals surface area contributed by atoms with Crippen molar-refractivity contribution in [1.29, 1.82) is 0 Å². The molecule has 2 heterocycles. The van der Waals surface area contributed by atoms with E-state index in [4.69, 9.17) is 4.74 Å². The number of benzene rings is 1. The molecule has 140 valence electrons. The predicted molar refractivity (Wildman–Crippen MR) is 106 cm³/mol. The van der Waals surface area contributed by atoms with Gasteiger partial charge in [0.2, 0.25) is 0 Å². The maximum atomic E-state index is 12.8. The van der Waals surface area contributed by atoms with Crippen LogP contribution in [0.3, 0.4) is 0 Å². The molecule has 2 atom stereocenters. The highest BCUT2D eigenvalue weighted by atomic mass is 79.9. The number of ketones is 1. The van der Waals surface area contributed by atoms with Crippen LogP contribution in [0.15, 0.2) is 27.5 Å². The lowest BCUT2D eigenvalue weighted by atomic mass is 9.91. The Labute approximate surface area is 161 Å². The van der Waals surface area contributed by atoms with Crippen molar-refractivity contribution in [3.05, 3.63) is 38.7 Å². The van der Waals surface area contributed by atoms with Crippen LogP contribution in [-0.2, 0) is 16.1 Å². The van der Waals surface area contributed by atoms with E-state index in [-0.39, 0.29) is 29.9 Å². The quantitative estimate of drug-likeness (QED) is 0.731. The van der Waals surface area contributed by atoms with Gasteiger partial charge in [0.15, 0.2) is 5.78 Å². The summed E-state index contributed by atoms with van der Waals surface area (Å²) >= 11 is 3.46. The van der Waals surface area contributed by atoms with E-state index in [0.717, 1.165) is 28.4 Å². The molecule has 0 bridgehead atoms. The van der Waals surface area contributed by atoms with E-state index < -0.39 is 0 Å². The highest BCUT2D eigenvalue weighted by Crippen LogP contribution is 2.25. The van der Waals surface area contributed by atoms with Crippen molar-refractivity contribution < 1.29 is 9.53 Å². The Bertz CT molecular complexity index is 875. The van der Waals surface area contributed by atoms with Crippen molar-refractivity contribution in [3.8, 4) is 0 Å². The van der Waals surface area contributed by atoms with Gasteiger partial charge in [-0.15, -0.1) is 0 Å². The van der Waals surface area contributed by atoms with Gasteiger partial charge in [0.25, 0.3) is 5.56 Å². The monoisotopic (exact) mass is 420 g/mol. The molecule has 3 rings (SSSR count). The summed E-state index contributed by atoms with van der Waals surface area (Å²) in [6, 6.07) is 5.58. The molecule has 2 aromatic rings. The number of carbonyl (C=O) groups excluding carboxylic acids is 1. The number of hydrogen-bond acceptors (Lipinski definition) is 4. The van der Waals surface area contributed by atoms with Gasteiger partial charge in [0.05, 0.1) is 17.2 Å². The lowest BCUT2D eigenvalue weighted by molar-refractivity contribution is -0.121. The summed E-state index contributed by atoms with van der Waals surface area (Å²) in [6.07, 6.45) is 2.49. The van der Waals surface area contributed by atoms with Crippen LogP contribution >= 0.6 is 15.9 Å². The molecule has 1 fully saturated rings. The number of nitrogens with zero attached hydrogens (tertiary/aromatic N) is 2. The number of fused-ring (bicyclic) bond motifs is 1. The van der Waals surface area contributed by atoms with E-state index in [1.807, 2.05) is 32.9 Å². The zero-order valence-corrected chi connectivity index (χ0v) is 17.1. The van der Waals surface area contributed by atoms with Crippen LogP contribution in [0.1, 0.15) is 51.6 Å². The summed E-state index contributed by atoms with van der Waals surface area (Å²) in [6.45, 7) is 6.88. The summed E-state index contributed by atoms with van der Waals surface area (Å²) in [5.74, 6) is 0.554. The van der Waals surface area contributed by atoms with Crippen LogP contribution in [0.25, 0.3) is 10.8 Å². The number of ether oxygens (including phenoxy) is 1. The minimum atomic E-state index is -0.203. The van der Waals surface area contributed by atoms with Gasteiger partial charge in [-0.3, -0.25) is 9.59 Å². The van der Waals surface area contributed by atoms with Gasteiger partial charge in [-0.05, 0) is 49.8 Å². The average molecular weight is 421 g/mol. The van der Waals surface area contributed by atoms with Gasteiger partial charge >= 0.3 is 0 Å². The molecule has 0 aliphatic carbocycles. The number of Topliss-reactive ketones (excluding diaryl/α,β-unsaturated/α-hetero) is 1. The Morgan fingerprint density at radius 3 is 2.85 bits per heavy atom. The zero-order chi connectivity index (χ0) is 18.8. The molecule has 6 heteroatoms. The molecule has 0 amide bonds. The second-order valence-corrected chi connectivity index (χ2v) is 8.42. The molecule has 26 heavy (non-hydrogen) atoms. The predicted octanol–water partition coefficient (Wildman–Crippen LogP) is 4.06. The van der Waals surface area contributed by atoms with Crippen molar-refractivity contribution in [2.24, 2.45) is 5.92 Å². The van der Waals surface area contributed by atoms with E-state index in [1.54, 1.807) is 6.07 Å². The zero-order valence-electron chi connectivity index (χ0n) is 15.5. The van der Waals surface area contributed by atoms with Gasteiger partial charge in [0, 0.05) is 22.9 Å². The second-order valence-electron chi connectivity index (χ2n) is 7.51. The Hall–Kier alpha value is -1.53. The Morgan fingerprint density at radius 2 is 2.15 bits per heavy atom. The van der Waals surface area contributed by atoms with Crippen molar-refractivity contribution in [1.82, 2.24) is 9.78 Å². The molecule has 0 radical (unpaired) electrons. The first-order valence-electron chi connectivity index (χ1n) is 9.18. The lowest BCUT2D eigenvalue weighted by Crippen LogP contribution is -2.30. The van der Waals surface area contributed by atoms with E-state index >= 15 is 0 Å². The molecule has 5 nitrogen and oxygen atoms in total. The standard InChI is InChI=1S/C20H25BrN2O3/c1-12(2)19-18-10-15(21)4-5-17(18)20(25)23(22-19)11-16(24)9-14-6-7-26-13(3)8-14/h4-5,10,12-14H,6-9,11H2,1-3H3/t13-,14+/m1/s1. The molecule has 1 saturated heterocycles. The SMILES string of the molecule is CC(C)c1nn(CC(=O)C[C@H]2CCO[C@H](C)C2)c(=O)c2ccc(Br)cc12. The molecular formula is C20H25BrN2O3. The fourth-order valence-corrected chi connectivity index (χ4v) is 4.01. The third-order valence-electron chi connectivity index (χ3n) is 4.93. The first-order chi connectivity index (χ1) is 12.3. The Kier molecular flexibility index (Phi) is 5.92. The first kappa shape index (κ1) is 19.2. The average Bonchev–Trinajstić information content (AvgIpc) is 2.57. The fraction of sp³-hybridized carbons (Fsp3) is 0.550. The minimum Gasteiger partial charge on any atom is -0.378 e. The molecule has 1 aliphatic heterocycles. The van der Waals surface area contributed by atoms with Crippen molar-refractivity contribution in [2.75, 3.05) is 6.61 Å². The molecule has 1 aromatic heterocycles. The maximum Gasteiger partial charge on any atom is 0.275 e. The van der Waals surface area contributed by atoms with E-state index in [2.05, 4.69) is 21.0 Å². The first-order valence-corrected chi connectivity index (χ1v) is 9.98. The normalized spacial score (nSPS) is 20.7. The number of rotatable bonds is 5. The summed E-state index contributed by atoms with van der Waals surface area (Å²) < 4.78 is 7.80. The molecule has 1 aliphatic rings. The maximum absolute atomic E-state index is 12.8. The summed E-state index contributed by atoms with van der Waals surface area (Å²) in [7, 11) is 0. The highest BCUT2D eigenvalue weighted by molar-refractivity contribution is 9.10. The molecule has 0 spiro atoms. The summed E-state index contributed by atoms with van der Waals surface area (Å²) in [4.78, 5) is 25.4. The summed E-state index contributed by atoms with van der Waals surface area (Å²) in [5.41, 5.74) is 0.638. The molecule has 0 N–H and O–H groups in total. The third kappa shape index (κ3) is 4.23. The van der Waals surface area contributed by atoms with Gasteiger partial charge in [-0.1, -0.05) is 29.8 Å². The van der Waals surface area contributed by atoms with Crippen LogP contribution in [0, 0.1) is 5.92 Å². The molecular weight excluding hydrogens is 396 g/mol. The molecule has 0 unspecified atom stereocenters. The molecule has 0 saturated carbocycles. The van der Waals surface area contributed by atoms with Crippen molar-refractivity contribution in [3.63, 3.8) is 0 Å².